The maximum absolute atomic E-state index is 6.62. The lowest BCUT2D eigenvalue weighted by Crippen LogP contribution is -2.19. The monoisotopic (exact) mass is 318 g/mol. The second kappa shape index (κ2) is 5.26. The molecule has 1 fully saturated rings. The van der Waals surface area contributed by atoms with E-state index in [9.17, 15) is 0 Å². The van der Waals surface area contributed by atoms with Crippen molar-refractivity contribution in [3.63, 3.8) is 0 Å². The summed E-state index contributed by atoms with van der Waals surface area (Å²) in [5.74, 6) is 0. The first-order chi connectivity index (χ1) is 10.8. The molecule has 4 rings (SSSR count). The Bertz CT molecular complexity index is 806. The number of hydrogen-bond acceptors (Lipinski definition) is 5. The molecule has 0 aliphatic carbocycles. The molecule has 0 spiro atoms. The minimum atomic E-state index is -0.0979. The van der Waals surface area contributed by atoms with Gasteiger partial charge in [-0.2, -0.15) is 5.10 Å². The first kappa shape index (κ1) is 13.5. The molecule has 1 aliphatic heterocycles. The lowest BCUT2D eigenvalue weighted by Gasteiger charge is -2.24. The van der Waals surface area contributed by atoms with Crippen LogP contribution < -0.4 is 5.73 Å². The van der Waals surface area contributed by atoms with Gasteiger partial charge in [0.1, 0.15) is 12.7 Å². The van der Waals surface area contributed by atoms with Crippen LogP contribution in [-0.2, 0) is 4.74 Å². The van der Waals surface area contributed by atoms with Crippen molar-refractivity contribution in [2.45, 2.75) is 25.5 Å². The van der Waals surface area contributed by atoms with Gasteiger partial charge in [0, 0.05) is 17.7 Å². The molecule has 0 saturated carbocycles. The van der Waals surface area contributed by atoms with E-state index in [1.807, 2.05) is 10.7 Å². The average Bonchev–Trinajstić information content (AvgIpc) is 3.21. The first-order valence-corrected chi connectivity index (χ1v) is 7.55. The Hall–Kier alpha value is -2.12. The Morgan fingerprint density at radius 3 is 2.82 bits per heavy atom. The fourth-order valence-corrected chi connectivity index (χ4v) is 3.19. The summed E-state index contributed by atoms with van der Waals surface area (Å²) in [6.45, 7) is 0.740. The highest BCUT2D eigenvalue weighted by Crippen LogP contribution is 2.36. The highest BCUT2D eigenvalue weighted by atomic mass is 35.5. The number of fused-ring (bicyclic) bond motifs is 1. The number of rotatable bonds is 2. The second-order valence-electron chi connectivity index (χ2n) is 5.34. The van der Waals surface area contributed by atoms with Gasteiger partial charge in [-0.25, -0.2) is 4.68 Å². The van der Waals surface area contributed by atoms with Crippen LogP contribution >= 0.6 is 11.6 Å². The van der Waals surface area contributed by atoms with E-state index < -0.39 is 0 Å². The molecule has 2 aromatic heterocycles. The van der Waals surface area contributed by atoms with Gasteiger partial charge in [0.2, 0.25) is 0 Å². The molecule has 2 N–H and O–H groups in total. The molecular formula is C14H15ClN6O. The van der Waals surface area contributed by atoms with Gasteiger partial charge < -0.3 is 10.5 Å². The summed E-state index contributed by atoms with van der Waals surface area (Å²) in [4.78, 5) is 0. The summed E-state index contributed by atoms with van der Waals surface area (Å²) >= 11 is 6.62. The van der Waals surface area contributed by atoms with E-state index in [4.69, 9.17) is 22.1 Å². The number of benzene rings is 1. The third-order valence-electron chi connectivity index (χ3n) is 3.96. The standard InChI is InChI=1S/C14H15ClN6O/c15-13-11(20-7-17-18-8-20)5-10(16)9-6-19-21(14(9)13)12-3-1-2-4-22-12/h5-8,12H,1-4,16H2. The van der Waals surface area contributed by atoms with Crippen LogP contribution in [0, 0.1) is 0 Å². The number of halogens is 1. The summed E-state index contributed by atoms with van der Waals surface area (Å²) in [5.41, 5.74) is 8.30. The molecule has 8 heteroatoms. The van der Waals surface area contributed by atoms with Crippen LogP contribution in [0.5, 0.6) is 0 Å². The predicted molar refractivity (Wildman–Crippen MR) is 82.9 cm³/mol. The number of nitrogens with zero attached hydrogens (tertiary/aromatic N) is 5. The van der Waals surface area contributed by atoms with Gasteiger partial charge in [-0.05, 0) is 25.3 Å². The van der Waals surface area contributed by atoms with Crippen molar-refractivity contribution in [1.82, 2.24) is 24.5 Å². The summed E-state index contributed by atoms with van der Waals surface area (Å²) in [6.07, 6.45) is 7.93. The molecule has 1 aliphatic rings. The third-order valence-corrected chi connectivity index (χ3v) is 4.33. The Morgan fingerprint density at radius 2 is 2.09 bits per heavy atom. The lowest BCUT2D eigenvalue weighted by atomic mass is 10.1. The summed E-state index contributed by atoms with van der Waals surface area (Å²) < 4.78 is 9.39. The second-order valence-corrected chi connectivity index (χ2v) is 5.72. The molecule has 0 radical (unpaired) electrons. The van der Waals surface area contributed by atoms with Gasteiger partial charge in [-0.1, -0.05) is 11.6 Å². The topological polar surface area (TPSA) is 83.8 Å². The lowest BCUT2D eigenvalue weighted by molar-refractivity contribution is -0.0366. The molecule has 3 aromatic rings. The highest BCUT2D eigenvalue weighted by molar-refractivity contribution is 6.37. The fraction of sp³-hybridized carbons (Fsp3) is 0.357. The molecule has 0 bridgehead atoms. The molecule has 114 valence electrons. The largest absolute Gasteiger partial charge is 0.398 e. The van der Waals surface area contributed by atoms with Crippen LogP contribution in [0.2, 0.25) is 5.02 Å². The smallest absolute Gasteiger partial charge is 0.150 e. The quantitative estimate of drug-likeness (QED) is 0.734. The van der Waals surface area contributed by atoms with Gasteiger partial charge in [-0.15, -0.1) is 10.2 Å². The van der Waals surface area contributed by atoms with Crippen LogP contribution in [0.3, 0.4) is 0 Å². The van der Waals surface area contributed by atoms with Crippen LogP contribution in [0.15, 0.2) is 24.9 Å². The molecule has 0 amide bonds. The predicted octanol–water partition coefficient (Wildman–Crippen LogP) is 2.55. The molecule has 1 unspecified atom stereocenters. The highest BCUT2D eigenvalue weighted by Gasteiger charge is 2.22. The number of ether oxygens (including phenoxy) is 1. The van der Waals surface area contributed by atoms with Crippen molar-refractivity contribution in [3.05, 3.63) is 29.9 Å². The molecule has 1 atom stereocenters. The van der Waals surface area contributed by atoms with Gasteiger partial charge in [-0.3, -0.25) is 4.57 Å². The Morgan fingerprint density at radius 1 is 1.27 bits per heavy atom. The van der Waals surface area contributed by atoms with E-state index in [0.29, 0.717) is 10.7 Å². The molecule has 1 aromatic carbocycles. The number of nitrogens with two attached hydrogens (primary N) is 1. The SMILES string of the molecule is Nc1cc(-n2cnnc2)c(Cl)c2c1cnn2C1CCCCO1. The molecule has 3 heterocycles. The van der Waals surface area contributed by atoms with E-state index in [2.05, 4.69) is 15.3 Å². The third kappa shape index (κ3) is 2.05. The van der Waals surface area contributed by atoms with Crippen molar-refractivity contribution < 1.29 is 4.74 Å². The number of hydrogen-bond donors (Lipinski definition) is 1. The van der Waals surface area contributed by atoms with E-state index in [1.54, 1.807) is 23.4 Å². The van der Waals surface area contributed by atoms with Crippen LogP contribution in [0.25, 0.3) is 16.6 Å². The normalized spacial score (nSPS) is 18.9. The van der Waals surface area contributed by atoms with Gasteiger partial charge in [0.05, 0.1) is 22.4 Å². The van der Waals surface area contributed by atoms with Crippen molar-refractivity contribution in [3.8, 4) is 5.69 Å². The van der Waals surface area contributed by atoms with Crippen molar-refractivity contribution in [2.75, 3.05) is 12.3 Å². The van der Waals surface area contributed by atoms with E-state index >= 15 is 0 Å². The molecule has 22 heavy (non-hydrogen) atoms. The Balaban J connectivity index is 1.92. The summed E-state index contributed by atoms with van der Waals surface area (Å²) in [6, 6.07) is 1.81. The van der Waals surface area contributed by atoms with E-state index in [1.165, 1.54) is 0 Å². The number of aromatic nitrogens is 5. The maximum Gasteiger partial charge on any atom is 0.150 e. The average molecular weight is 319 g/mol. The van der Waals surface area contributed by atoms with Crippen LogP contribution in [-0.4, -0.2) is 31.2 Å². The van der Waals surface area contributed by atoms with Gasteiger partial charge >= 0.3 is 0 Å². The fourth-order valence-electron chi connectivity index (χ4n) is 2.85. The van der Waals surface area contributed by atoms with E-state index in [0.717, 1.165) is 42.5 Å². The van der Waals surface area contributed by atoms with Crippen molar-refractivity contribution in [2.24, 2.45) is 0 Å². The zero-order valence-electron chi connectivity index (χ0n) is 11.8. The molecule has 7 nitrogen and oxygen atoms in total. The summed E-state index contributed by atoms with van der Waals surface area (Å²) in [7, 11) is 0. The zero-order valence-corrected chi connectivity index (χ0v) is 12.6. The maximum atomic E-state index is 6.62. The minimum Gasteiger partial charge on any atom is -0.398 e. The molecule has 1 saturated heterocycles. The van der Waals surface area contributed by atoms with Gasteiger partial charge in [0.15, 0.2) is 6.23 Å². The van der Waals surface area contributed by atoms with Crippen LogP contribution in [0.1, 0.15) is 25.5 Å². The first-order valence-electron chi connectivity index (χ1n) is 7.17. The van der Waals surface area contributed by atoms with Crippen molar-refractivity contribution >= 4 is 28.2 Å². The minimum absolute atomic E-state index is 0.0979. The number of anilines is 1. The Kier molecular flexibility index (Phi) is 3.24. The van der Waals surface area contributed by atoms with E-state index in [-0.39, 0.29) is 6.23 Å². The number of nitrogen functional groups attached to an aromatic ring is 1. The van der Waals surface area contributed by atoms with Crippen molar-refractivity contribution in [1.29, 1.82) is 0 Å². The van der Waals surface area contributed by atoms with Crippen LogP contribution in [0.4, 0.5) is 5.69 Å². The zero-order chi connectivity index (χ0) is 15.1. The Labute approximate surface area is 131 Å². The van der Waals surface area contributed by atoms with Gasteiger partial charge in [0.25, 0.3) is 0 Å². The molecular weight excluding hydrogens is 304 g/mol. The summed E-state index contributed by atoms with van der Waals surface area (Å²) in [5, 5.41) is 13.5.